The summed E-state index contributed by atoms with van der Waals surface area (Å²) in [6, 6.07) is 12.5. The molecule has 2 rings (SSSR count). The number of rotatable bonds is 7. The van der Waals surface area contributed by atoms with Crippen molar-refractivity contribution in [1.29, 1.82) is 0 Å². The Bertz CT molecular complexity index is 705. The Morgan fingerprint density at radius 2 is 1.79 bits per heavy atom. The molecule has 0 aliphatic carbocycles. The second-order valence-corrected chi connectivity index (χ2v) is 5.50. The zero-order chi connectivity index (χ0) is 17.5. The summed E-state index contributed by atoms with van der Waals surface area (Å²) in [4.78, 5) is 12.2. The van der Waals surface area contributed by atoms with Gasteiger partial charge in [-0.1, -0.05) is 29.8 Å². The molecule has 0 heterocycles. The summed E-state index contributed by atoms with van der Waals surface area (Å²) in [5.41, 5.74) is 0.894. The Balaban J connectivity index is 1.94. The van der Waals surface area contributed by atoms with Gasteiger partial charge in [0.25, 0.3) is 5.91 Å². The number of carbonyl (C=O) groups is 1. The van der Waals surface area contributed by atoms with E-state index in [1.54, 1.807) is 51.5 Å². The van der Waals surface area contributed by atoms with Crippen molar-refractivity contribution in [2.45, 2.75) is 19.6 Å². The minimum absolute atomic E-state index is 0.232. The predicted molar refractivity (Wildman–Crippen MR) is 92.9 cm³/mol. The summed E-state index contributed by atoms with van der Waals surface area (Å²) < 4.78 is 16.0. The molecule has 24 heavy (non-hydrogen) atoms. The van der Waals surface area contributed by atoms with Crippen LogP contribution < -0.4 is 19.5 Å². The lowest BCUT2D eigenvalue weighted by atomic mass is 10.2. The third-order valence-corrected chi connectivity index (χ3v) is 3.74. The fraction of sp³-hybridized carbons (Fsp3) is 0.278. The Morgan fingerprint density at radius 3 is 2.46 bits per heavy atom. The highest BCUT2D eigenvalue weighted by Gasteiger charge is 2.16. The summed E-state index contributed by atoms with van der Waals surface area (Å²) >= 11 is 6.03. The smallest absolute Gasteiger partial charge is 0.261 e. The van der Waals surface area contributed by atoms with E-state index in [1.165, 1.54) is 0 Å². The van der Waals surface area contributed by atoms with E-state index in [0.717, 1.165) is 5.56 Å². The number of methoxy groups -OCH3 is 2. The molecule has 6 heteroatoms. The SMILES string of the molecule is COc1ccc(CNC(=O)C(C)Oc2ccccc2Cl)cc1OC. The molecule has 0 radical (unpaired) electrons. The molecule has 0 aliphatic rings. The van der Waals surface area contributed by atoms with E-state index < -0.39 is 6.10 Å². The first-order valence-electron chi connectivity index (χ1n) is 7.45. The molecule has 2 aromatic rings. The molecule has 0 fully saturated rings. The lowest BCUT2D eigenvalue weighted by Crippen LogP contribution is -2.35. The highest BCUT2D eigenvalue weighted by Crippen LogP contribution is 2.27. The summed E-state index contributed by atoms with van der Waals surface area (Å²) in [6.45, 7) is 2.03. The van der Waals surface area contributed by atoms with Crippen LogP contribution in [-0.4, -0.2) is 26.2 Å². The molecule has 0 aromatic heterocycles. The van der Waals surface area contributed by atoms with Crippen molar-refractivity contribution in [3.8, 4) is 17.2 Å². The quantitative estimate of drug-likeness (QED) is 0.832. The second-order valence-electron chi connectivity index (χ2n) is 5.10. The summed E-state index contributed by atoms with van der Waals surface area (Å²) in [5, 5.41) is 3.29. The molecular formula is C18H20ClNO4. The topological polar surface area (TPSA) is 56.8 Å². The molecule has 1 N–H and O–H groups in total. The molecule has 0 saturated heterocycles. The summed E-state index contributed by atoms with van der Waals surface area (Å²) in [7, 11) is 3.15. The zero-order valence-electron chi connectivity index (χ0n) is 13.8. The normalized spacial score (nSPS) is 11.5. The Hall–Kier alpha value is -2.40. The van der Waals surface area contributed by atoms with E-state index >= 15 is 0 Å². The van der Waals surface area contributed by atoms with Gasteiger partial charge in [0.1, 0.15) is 5.75 Å². The van der Waals surface area contributed by atoms with Gasteiger partial charge in [0.05, 0.1) is 19.2 Å². The molecule has 5 nitrogen and oxygen atoms in total. The average Bonchev–Trinajstić information content (AvgIpc) is 2.61. The molecule has 128 valence electrons. The third-order valence-electron chi connectivity index (χ3n) is 3.42. The number of hydrogen-bond acceptors (Lipinski definition) is 4. The van der Waals surface area contributed by atoms with Crippen molar-refractivity contribution in [2.24, 2.45) is 0 Å². The number of ether oxygens (including phenoxy) is 3. The van der Waals surface area contributed by atoms with E-state index in [1.807, 2.05) is 12.1 Å². The largest absolute Gasteiger partial charge is 0.493 e. The fourth-order valence-electron chi connectivity index (χ4n) is 2.11. The molecule has 0 spiro atoms. The standard InChI is InChI=1S/C18H20ClNO4/c1-12(24-15-7-5-4-6-14(15)19)18(21)20-11-13-8-9-16(22-2)17(10-13)23-3/h4-10,12H,11H2,1-3H3,(H,20,21). The highest BCUT2D eigenvalue weighted by molar-refractivity contribution is 6.32. The average molecular weight is 350 g/mol. The molecule has 0 bridgehead atoms. The highest BCUT2D eigenvalue weighted by atomic mass is 35.5. The Morgan fingerprint density at radius 1 is 1.08 bits per heavy atom. The Labute approximate surface area is 146 Å². The van der Waals surface area contributed by atoms with Gasteiger partial charge in [0.2, 0.25) is 0 Å². The first-order chi connectivity index (χ1) is 11.5. The van der Waals surface area contributed by atoms with Crippen molar-refractivity contribution in [3.05, 3.63) is 53.1 Å². The number of halogens is 1. The maximum atomic E-state index is 12.2. The summed E-state index contributed by atoms with van der Waals surface area (Å²) in [6.07, 6.45) is -0.662. The van der Waals surface area contributed by atoms with Crippen molar-refractivity contribution in [3.63, 3.8) is 0 Å². The van der Waals surface area contributed by atoms with Gasteiger partial charge in [-0.2, -0.15) is 0 Å². The number of hydrogen-bond donors (Lipinski definition) is 1. The fourth-order valence-corrected chi connectivity index (χ4v) is 2.29. The molecule has 1 unspecified atom stereocenters. The van der Waals surface area contributed by atoms with E-state index in [2.05, 4.69) is 5.32 Å². The van der Waals surface area contributed by atoms with Crippen molar-refractivity contribution >= 4 is 17.5 Å². The molecule has 1 atom stereocenters. The van der Waals surface area contributed by atoms with E-state index in [9.17, 15) is 4.79 Å². The molecular weight excluding hydrogens is 330 g/mol. The third kappa shape index (κ3) is 4.55. The van der Waals surface area contributed by atoms with Crippen LogP contribution in [0.3, 0.4) is 0 Å². The van der Waals surface area contributed by atoms with E-state index in [4.69, 9.17) is 25.8 Å². The number of carbonyl (C=O) groups excluding carboxylic acids is 1. The summed E-state index contributed by atoms with van der Waals surface area (Å²) in [5.74, 6) is 1.50. The van der Waals surface area contributed by atoms with Crippen LogP contribution in [0.4, 0.5) is 0 Å². The second kappa shape index (κ2) is 8.45. The molecule has 2 aromatic carbocycles. The first-order valence-corrected chi connectivity index (χ1v) is 7.82. The van der Waals surface area contributed by atoms with Gasteiger partial charge in [-0.05, 0) is 36.8 Å². The lowest BCUT2D eigenvalue weighted by Gasteiger charge is -2.16. The van der Waals surface area contributed by atoms with Gasteiger partial charge in [-0.25, -0.2) is 0 Å². The number of nitrogens with one attached hydrogen (secondary N) is 1. The van der Waals surface area contributed by atoms with Crippen molar-refractivity contribution < 1.29 is 19.0 Å². The van der Waals surface area contributed by atoms with Crippen LogP contribution in [0.15, 0.2) is 42.5 Å². The van der Waals surface area contributed by atoms with Gasteiger partial charge in [-0.3, -0.25) is 4.79 Å². The monoisotopic (exact) mass is 349 g/mol. The van der Waals surface area contributed by atoms with Crippen LogP contribution in [0.2, 0.25) is 5.02 Å². The molecule has 1 amide bonds. The van der Waals surface area contributed by atoms with Crippen LogP contribution in [0.25, 0.3) is 0 Å². The number of amides is 1. The molecule has 0 aliphatic heterocycles. The maximum absolute atomic E-state index is 12.2. The minimum Gasteiger partial charge on any atom is -0.493 e. The lowest BCUT2D eigenvalue weighted by molar-refractivity contribution is -0.127. The van der Waals surface area contributed by atoms with Crippen LogP contribution in [0.1, 0.15) is 12.5 Å². The zero-order valence-corrected chi connectivity index (χ0v) is 14.6. The van der Waals surface area contributed by atoms with Crippen LogP contribution in [0.5, 0.6) is 17.2 Å². The van der Waals surface area contributed by atoms with E-state index in [0.29, 0.717) is 28.8 Å². The predicted octanol–water partition coefficient (Wildman–Crippen LogP) is 3.44. The van der Waals surface area contributed by atoms with Gasteiger partial charge in [0, 0.05) is 6.54 Å². The van der Waals surface area contributed by atoms with Gasteiger partial charge >= 0.3 is 0 Å². The minimum atomic E-state index is -0.662. The Kier molecular flexibility index (Phi) is 6.32. The number of para-hydroxylation sites is 1. The van der Waals surface area contributed by atoms with Gasteiger partial charge in [0.15, 0.2) is 17.6 Å². The molecule has 0 saturated carbocycles. The van der Waals surface area contributed by atoms with Crippen LogP contribution in [0, 0.1) is 0 Å². The number of benzene rings is 2. The first kappa shape index (κ1) is 17.9. The maximum Gasteiger partial charge on any atom is 0.261 e. The van der Waals surface area contributed by atoms with E-state index in [-0.39, 0.29) is 5.91 Å². The van der Waals surface area contributed by atoms with Crippen LogP contribution >= 0.6 is 11.6 Å². The van der Waals surface area contributed by atoms with Gasteiger partial charge in [-0.15, -0.1) is 0 Å². The van der Waals surface area contributed by atoms with Gasteiger partial charge < -0.3 is 19.5 Å². The van der Waals surface area contributed by atoms with Crippen LogP contribution in [-0.2, 0) is 11.3 Å². The van der Waals surface area contributed by atoms with Crippen molar-refractivity contribution in [1.82, 2.24) is 5.32 Å². The van der Waals surface area contributed by atoms with Crippen molar-refractivity contribution in [2.75, 3.05) is 14.2 Å².